The Balaban J connectivity index is 1.77. The molecule has 2 aromatic carbocycles. The number of halogens is 1. The van der Waals surface area contributed by atoms with Gasteiger partial charge in [-0.1, -0.05) is 59.5 Å². The first kappa shape index (κ1) is 22.6. The first-order valence-electron chi connectivity index (χ1n) is 10.9. The molecule has 0 aliphatic rings. The molecule has 0 fully saturated rings. The van der Waals surface area contributed by atoms with Crippen LogP contribution in [0.3, 0.4) is 0 Å². The summed E-state index contributed by atoms with van der Waals surface area (Å²) in [5, 5.41) is 2.91. The molecule has 0 radical (unpaired) electrons. The van der Waals surface area contributed by atoms with Gasteiger partial charge in [0.2, 0.25) is 0 Å². The highest BCUT2D eigenvalue weighted by Gasteiger charge is 2.20. The van der Waals surface area contributed by atoms with E-state index in [1.54, 1.807) is 23.7 Å². The van der Waals surface area contributed by atoms with Crippen molar-refractivity contribution in [2.24, 2.45) is 5.18 Å². The predicted molar refractivity (Wildman–Crippen MR) is 134 cm³/mol. The summed E-state index contributed by atoms with van der Waals surface area (Å²) < 4.78 is 13.6. The highest BCUT2D eigenvalue weighted by molar-refractivity contribution is 7.17. The van der Waals surface area contributed by atoms with Gasteiger partial charge in [0, 0.05) is 29.3 Å². The topological polar surface area (TPSA) is 42.3 Å². The Morgan fingerprint density at radius 1 is 0.909 bits per heavy atom. The molecule has 0 spiro atoms. The van der Waals surface area contributed by atoms with Crippen molar-refractivity contribution in [3.8, 4) is 33.4 Å². The maximum atomic E-state index is 13.6. The quantitative estimate of drug-likeness (QED) is 0.159. The SMILES string of the molecule is O=NCCC#Cc1sc(-c2ccc(F)cc2)c(-c2ccncc2)c1CCCc1ccccc1. The molecule has 0 aliphatic carbocycles. The van der Waals surface area contributed by atoms with Gasteiger partial charge in [-0.05, 0) is 65.8 Å². The number of nitrogens with zero attached hydrogens (tertiary/aromatic N) is 2. The maximum absolute atomic E-state index is 13.6. The molecule has 0 amide bonds. The Morgan fingerprint density at radius 3 is 2.39 bits per heavy atom. The van der Waals surface area contributed by atoms with Crippen molar-refractivity contribution in [2.75, 3.05) is 6.54 Å². The van der Waals surface area contributed by atoms with E-state index in [0.29, 0.717) is 6.42 Å². The summed E-state index contributed by atoms with van der Waals surface area (Å²) in [6.45, 7) is 0.184. The van der Waals surface area contributed by atoms with Crippen LogP contribution in [0.4, 0.5) is 4.39 Å². The minimum Gasteiger partial charge on any atom is -0.265 e. The van der Waals surface area contributed by atoms with E-state index in [0.717, 1.165) is 45.7 Å². The molecular formula is C28H23FN2OS. The van der Waals surface area contributed by atoms with Crippen molar-refractivity contribution >= 4 is 11.3 Å². The smallest absolute Gasteiger partial charge is 0.123 e. The molecule has 3 nitrogen and oxygen atoms in total. The average Bonchev–Trinajstić information content (AvgIpc) is 3.22. The number of thiophene rings is 1. The third kappa shape index (κ3) is 5.79. The van der Waals surface area contributed by atoms with Gasteiger partial charge in [0.25, 0.3) is 0 Å². The molecule has 0 bridgehead atoms. The molecule has 0 atom stereocenters. The average molecular weight is 455 g/mol. The Morgan fingerprint density at radius 2 is 1.67 bits per heavy atom. The number of rotatable bonds is 8. The van der Waals surface area contributed by atoms with Crippen LogP contribution in [0.5, 0.6) is 0 Å². The molecule has 5 heteroatoms. The van der Waals surface area contributed by atoms with Gasteiger partial charge in [0.1, 0.15) is 5.82 Å². The van der Waals surface area contributed by atoms with Crippen molar-refractivity contribution < 1.29 is 4.39 Å². The van der Waals surface area contributed by atoms with E-state index >= 15 is 0 Å². The molecule has 4 aromatic rings. The second-order valence-electron chi connectivity index (χ2n) is 7.60. The largest absolute Gasteiger partial charge is 0.265 e. The van der Waals surface area contributed by atoms with E-state index in [9.17, 15) is 9.30 Å². The van der Waals surface area contributed by atoms with Crippen molar-refractivity contribution in [2.45, 2.75) is 25.7 Å². The summed E-state index contributed by atoms with van der Waals surface area (Å²) in [4.78, 5) is 16.7. The van der Waals surface area contributed by atoms with Crippen LogP contribution in [-0.4, -0.2) is 11.5 Å². The number of benzene rings is 2. The summed E-state index contributed by atoms with van der Waals surface area (Å²) in [6, 6.07) is 21.1. The van der Waals surface area contributed by atoms with E-state index in [1.165, 1.54) is 23.3 Å². The lowest BCUT2D eigenvalue weighted by Crippen LogP contribution is -1.94. The molecule has 2 aromatic heterocycles. The zero-order chi connectivity index (χ0) is 22.9. The van der Waals surface area contributed by atoms with Crippen molar-refractivity contribution in [1.29, 1.82) is 0 Å². The lowest BCUT2D eigenvalue weighted by Gasteiger charge is -2.09. The van der Waals surface area contributed by atoms with Crippen molar-refractivity contribution in [1.82, 2.24) is 4.98 Å². The summed E-state index contributed by atoms with van der Waals surface area (Å²) in [6.07, 6.45) is 6.82. The fraction of sp³-hybridized carbons (Fsp3) is 0.179. The van der Waals surface area contributed by atoms with Crippen LogP contribution in [0.2, 0.25) is 0 Å². The minimum absolute atomic E-state index is 0.184. The number of hydrogen-bond acceptors (Lipinski definition) is 4. The van der Waals surface area contributed by atoms with Crippen molar-refractivity contribution in [3.63, 3.8) is 0 Å². The molecule has 0 saturated carbocycles. The van der Waals surface area contributed by atoms with E-state index < -0.39 is 0 Å². The highest BCUT2D eigenvalue weighted by atomic mass is 32.1. The molecule has 164 valence electrons. The third-order valence-electron chi connectivity index (χ3n) is 5.35. The second kappa shape index (κ2) is 11.3. The summed E-state index contributed by atoms with van der Waals surface area (Å²) >= 11 is 1.62. The first-order chi connectivity index (χ1) is 16.3. The Kier molecular flexibility index (Phi) is 7.73. The Labute approximate surface area is 197 Å². The fourth-order valence-electron chi connectivity index (χ4n) is 3.79. The predicted octanol–water partition coefficient (Wildman–Crippen LogP) is 7.30. The van der Waals surface area contributed by atoms with Gasteiger partial charge in [0.15, 0.2) is 0 Å². The molecule has 0 saturated heterocycles. The summed E-state index contributed by atoms with van der Waals surface area (Å²) in [5.74, 6) is 6.13. The highest BCUT2D eigenvalue weighted by Crippen LogP contribution is 2.43. The molecule has 33 heavy (non-hydrogen) atoms. The van der Waals surface area contributed by atoms with Gasteiger partial charge >= 0.3 is 0 Å². The molecule has 0 unspecified atom stereocenters. The van der Waals surface area contributed by atoms with Crippen LogP contribution in [0.15, 0.2) is 84.3 Å². The first-order valence-corrected chi connectivity index (χ1v) is 11.7. The normalized spacial score (nSPS) is 10.5. The van der Waals surface area contributed by atoms with Gasteiger partial charge in [0.05, 0.1) is 11.4 Å². The Bertz CT molecular complexity index is 1260. The van der Waals surface area contributed by atoms with Gasteiger partial charge < -0.3 is 0 Å². The number of aromatic nitrogens is 1. The standard InChI is InChI=1S/C28H23FN2OS/c29-24-14-12-23(13-15-24)28-27(22-16-19-30-20-17-22)25(26(33-28)11-4-5-18-31-32)10-6-9-21-7-2-1-3-8-21/h1-3,7-8,12-17,19-20H,5-6,9-10,18H2. The van der Waals surface area contributed by atoms with Gasteiger partial charge in [-0.25, -0.2) is 4.39 Å². The van der Waals surface area contributed by atoms with E-state index in [1.807, 2.05) is 30.3 Å². The maximum Gasteiger partial charge on any atom is 0.123 e. The Hall–Kier alpha value is -3.62. The number of nitroso groups, excluding NO2 is 1. The van der Waals surface area contributed by atoms with Crippen LogP contribution < -0.4 is 0 Å². The zero-order valence-electron chi connectivity index (χ0n) is 18.1. The summed E-state index contributed by atoms with van der Waals surface area (Å²) in [7, 11) is 0. The third-order valence-corrected chi connectivity index (χ3v) is 6.54. The van der Waals surface area contributed by atoms with E-state index in [-0.39, 0.29) is 12.4 Å². The molecule has 0 aliphatic heterocycles. The lowest BCUT2D eigenvalue weighted by atomic mass is 9.94. The number of pyridine rings is 1. The molecule has 0 N–H and O–H groups in total. The van der Waals surface area contributed by atoms with E-state index in [4.69, 9.17) is 0 Å². The van der Waals surface area contributed by atoms with Crippen LogP contribution in [0.1, 0.15) is 28.8 Å². The fourth-order valence-corrected chi connectivity index (χ4v) is 5.04. The second-order valence-corrected chi connectivity index (χ2v) is 8.62. The summed E-state index contributed by atoms with van der Waals surface area (Å²) in [5.41, 5.74) is 5.65. The van der Waals surface area contributed by atoms with Gasteiger partial charge in [-0.3, -0.25) is 4.98 Å². The zero-order valence-corrected chi connectivity index (χ0v) is 18.9. The van der Waals surface area contributed by atoms with Crippen LogP contribution >= 0.6 is 11.3 Å². The van der Waals surface area contributed by atoms with Crippen LogP contribution in [0, 0.1) is 22.6 Å². The number of hydrogen-bond donors (Lipinski definition) is 0. The van der Waals surface area contributed by atoms with Crippen molar-refractivity contribution in [3.05, 3.63) is 106 Å². The number of aryl methyl sites for hydroxylation is 1. The molecule has 4 rings (SSSR count). The van der Waals surface area contributed by atoms with Gasteiger partial charge in [-0.15, -0.1) is 11.3 Å². The minimum atomic E-state index is -0.259. The lowest BCUT2D eigenvalue weighted by molar-refractivity contribution is 0.628. The van der Waals surface area contributed by atoms with Gasteiger partial charge in [-0.2, -0.15) is 4.91 Å². The molecular weight excluding hydrogens is 431 g/mol. The van der Waals surface area contributed by atoms with Crippen LogP contribution in [-0.2, 0) is 12.8 Å². The van der Waals surface area contributed by atoms with Crippen LogP contribution in [0.25, 0.3) is 21.6 Å². The molecule has 2 heterocycles. The van der Waals surface area contributed by atoms with E-state index in [2.05, 4.69) is 46.3 Å². The monoisotopic (exact) mass is 454 g/mol.